The Labute approximate surface area is 178 Å². The molecule has 0 aromatic carbocycles. The molecule has 3 amide bonds. The first-order chi connectivity index (χ1) is 14.1. The Hall–Kier alpha value is -2.58. The van der Waals surface area contributed by atoms with E-state index in [1.54, 1.807) is 0 Å². The maximum Gasteiger partial charge on any atom is 0.326 e. The Morgan fingerprint density at radius 3 is 2.27 bits per heavy atom. The highest BCUT2D eigenvalue weighted by molar-refractivity contribution is 7.98. The first kappa shape index (κ1) is 27.4. The van der Waals surface area contributed by atoms with Crippen molar-refractivity contribution in [3.05, 3.63) is 0 Å². The van der Waals surface area contributed by atoms with E-state index in [1.165, 1.54) is 11.8 Å². The van der Waals surface area contributed by atoms with Crippen LogP contribution in [0.2, 0.25) is 0 Å². The Bertz CT molecular complexity index is 615. The summed E-state index contributed by atoms with van der Waals surface area (Å²) in [5.74, 6) is -2.88. The number of hydrogen-bond acceptors (Lipinski definition) is 8. The molecule has 3 unspecified atom stereocenters. The number of aliphatic imine (C=N–C) groups is 1. The van der Waals surface area contributed by atoms with Crippen LogP contribution < -0.4 is 33.2 Å². The number of nitrogens with two attached hydrogens (primary N) is 3. The number of amides is 3. The summed E-state index contributed by atoms with van der Waals surface area (Å²) in [6.45, 7) is -1.03. The second-order valence-corrected chi connectivity index (χ2v) is 7.24. The molecule has 14 heteroatoms. The van der Waals surface area contributed by atoms with Crippen molar-refractivity contribution in [3.63, 3.8) is 0 Å². The van der Waals surface area contributed by atoms with Crippen molar-refractivity contribution in [3.8, 4) is 0 Å². The van der Waals surface area contributed by atoms with E-state index in [1.807, 2.05) is 6.26 Å². The van der Waals surface area contributed by atoms with Gasteiger partial charge in [-0.15, -0.1) is 0 Å². The zero-order chi connectivity index (χ0) is 23.1. The lowest BCUT2D eigenvalue weighted by atomic mass is 10.1. The molecule has 3 atom stereocenters. The summed E-state index contributed by atoms with van der Waals surface area (Å²) >= 11 is 1.53. The van der Waals surface area contributed by atoms with E-state index in [-0.39, 0.29) is 25.3 Å². The summed E-state index contributed by atoms with van der Waals surface area (Å²) in [5, 5.41) is 25.4. The lowest BCUT2D eigenvalue weighted by molar-refractivity contribution is -0.142. The third-order valence-electron chi connectivity index (χ3n) is 3.79. The number of aliphatic carboxylic acids is 1. The molecule has 172 valence electrons. The highest BCUT2D eigenvalue weighted by Gasteiger charge is 2.26. The first-order valence-electron chi connectivity index (χ1n) is 9.13. The van der Waals surface area contributed by atoms with Crippen molar-refractivity contribution in [2.45, 2.75) is 37.4 Å². The van der Waals surface area contributed by atoms with Crippen LogP contribution in [0.15, 0.2) is 4.99 Å². The molecule has 0 aromatic rings. The van der Waals surface area contributed by atoms with Gasteiger partial charge in [-0.05, 0) is 31.3 Å². The highest BCUT2D eigenvalue weighted by atomic mass is 32.2. The zero-order valence-corrected chi connectivity index (χ0v) is 17.6. The van der Waals surface area contributed by atoms with Gasteiger partial charge in [-0.3, -0.25) is 19.4 Å². The zero-order valence-electron chi connectivity index (χ0n) is 16.8. The number of guanidine groups is 1. The van der Waals surface area contributed by atoms with Crippen molar-refractivity contribution in [1.29, 1.82) is 0 Å². The number of rotatable bonds is 15. The number of carboxylic acid groups (broad SMARTS) is 1. The molecule has 13 nitrogen and oxygen atoms in total. The smallest absolute Gasteiger partial charge is 0.326 e. The predicted molar refractivity (Wildman–Crippen MR) is 112 cm³/mol. The van der Waals surface area contributed by atoms with E-state index in [9.17, 15) is 29.4 Å². The van der Waals surface area contributed by atoms with Crippen LogP contribution in [-0.2, 0) is 19.2 Å². The molecule has 0 aliphatic heterocycles. The lowest BCUT2D eigenvalue weighted by Crippen LogP contribution is -2.55. The number of carboxylic acids is 1. The molecule has 0 saturated carbocycles. The second kappa shape index (κ2) is 15.3. The fraction of sp³-hybridized carbons (Fsp3) is 0.688. The fourth-order valence-corrected chi connectivity index (χ4v) is 2.64. The quantitative estimate of drug-likeness (QED) is 0.0691. The largest absolute Gasteiger partial charge is 0.480 e. The molecule has 0 aliphatic rings. The van der Waals surface area contributed by atoms with Gasteiger partial charge < -0.3 is 43.4 Å². The van der Waals surface area contributed by atoms with E-state index < -0.39 is 55.0 Å². The SMILES string of the molecule is CSCCC(N)C(=O)NCC(=O)NC(CO)C(=O)NC(CCCN=C(N)N)C(=O)O. The summed E-state index contributed by atoms with van der Waals surface area (Å²) in [4.78, 5) is 50.9. The number of carbonyl (C=O) groups is 4. The van der Waals surface area contributed by atoms with E-state index in [2.05, 4.69) is 20.9 Å². The van der Waals surface area contributed by atoms with Gasteiger partial charge in [0.1, 0.15) is 12.1 Å². The maximum absolute atomic E-state index is 12.2. The molecule has 0 radical (unpaired) electrons. The van der Waals surface area contributed by atoms with Crippen molar-refractivity contribution in [1.82, 2.24) is 16.0 Å². The predicted octanol–water partition coefficient (Wildman–Crippen LogP) is -3.72. The molecule has 30 heavy (non-hydrogen) atoms. The lowest BCUT2D eigenvalue weighted by Gasteiger charge is -2.20. The molecule has 0 aromatic heterocycles. The van der Waals surface area contributed by atoms with Crippen molar-refractivity contribution < 1.29 is 29.4 Å². The van der Waals surface area contributed by atoms with Gasteiger partial charge in [-0.1, -0.05) is 0 Å². The Morgan fingerprint density at radius 2 is 1.73 bits per heavy atom. The van der Waals surface area contributed by atoms with E-state index in [4.69, 9.17) is 17.2 Å². The molecule has 0 bridgehead atoms. The summed E-state index contributed by atoms with van der Waals surface area (Å²) in [6, 6.07) is -3.41. The minimum atomic E-state index is -1.39. The number of nitrogens with zero attached hydrogens (tertiary/aromatic N) is 1. The van der Waals surface area contributed by atoms with E-state index in [0.29, 0.717) is 12.2 Å². The third-order valence-corrected chi connectivity index (χ3v) is 4.43. The van der Waals surface area contributed by atoms with Crippen molar-refractivity contribution in [2.24, 2.45) is 22.2 Å². The van der Waals surface area contributed by atoms with E-state index >= 15 is 0 Å². The van der Waals surface area contributed by atoms with Crippen molar-refractivity contribution >= 4 is 41.4 Å². The summed E-state index contributed by atoms with van der Waals surface area (Å²) in [6.07, 6.45) is 2.63. The molecular weight excluding hydrogens is 418 g/mol. The van der Waals surface area contributed by atoms with Crippen LogP contribution in [0.3, 0.4) is 0 Å². The molecule has 0 heterocycles. The first-order valence-corrected chi connectivity index (χ1v) is 10.5. The Morgan fingerprint density at radius 1 is 1.07 bits per heavy atom. The Kier molecular flexibility index (Phi) is 14.0. The van der Waals surface area contributed by atoms with Crippen LogP contribution in [0.1, 0.15) is 19.3 Å². The van der Waals surface area contributed by atoms with Crippen LogP contribution in [0.25, 0.3) is 0 Å². The molecule has 0 saturated heterocycles. The molecule has 0 aliphatic carbocycles. The van der Waals surface area contributed by atoms with Crippen LogP contribution in [0.5, 0.6) is 0 Å². The number of thioether (sulfide) groups is 1. The molecule has 11 N–H and O–H groups in total. The number of hydrogen-bond donors (Lipinski definition) is 8. The third kappa shape index (κ3) is 12.1. The summed E-state index contributed by atoms with van der Waals surface area (Å²) < 4.78 is 0. The second-order valence-electron chi connectivity index (χ2n) is 6.26. The average Bonchev–Trinajstić information content (AvgIpc) is 2.69. The number of nitrogens with one attached hydrogen (secondary N) is 3. The number of aliphatic hydroxyl groups is 1. The minimum Gasteiger partial charge on any atom is -0.480 e. The van der Waals surface area contributed by atoms with Gasteiger partial charge in [-0.25, -0.2) is 4.79 Å². The minimum absolute atomic E-state index is 0.0357. The molecule has 0 rings (SSSR count). The van der Waals surface area contributed by atoms with Crippen LogP contribution in [0, 0.1) is 0 Å². The topological polar surface area (TPSA) is 235 Å². The van der Waals surface area contributed by atoms with Gasteiger partial charge in [0.05, 0.1) is 19.2 Å². The van der Waals surface area contributed by atoms with Crippen LogP contribution in [0.4, 0.5) is 0 Å². The van der Waals surface area contributed by atoms with Gasteiger partial charge in [0.25, 0.3) is 0 Å². The van der Waals surface area contributed by atoms with Gasteiger partial charge in [-0.2, -0.15) is 11.8 Å². The summed E-state index contributed by atoms with van der Waals surface area (Å²) in [5.41, 5.74) is 16.0. The molecular formula is C16H31N7O6S. The van der Waals surface area contributed by atoms with Crippen molar-refractivity contribution in [2.75, 3.05) is 31.7 Å². The Balaban J connectivity index is 4.58. The standard InChI is InChI=1S/C16H31N7O6S/c1-30-6-4-9(17)13(26)21-7-12(25)22-11(8-24)14(27)23-10(15(28)29)3-2-5-20-16(18)19/h9-11,24H,2-8,17H2,1H3,(H,21,26)(H,22,25)(H,23,27)(H,28,29)(H4,18,19,20). The average molecular weight is 450 g/mol. The summed E-state index contributed by atoms with van der Waals surface area (Å²) in [7, 11) is 0. The van der Waals surface area contributed by atoms with Gasteiger partial charge in [0.2, 0.25) is 17.7 Å². The molecule has 0 fully saturated rings. The number of aliphatic hydroxyl groups excluding tert-OH is 1. The van der Waals surface area contributed by atoms with Crippen LogP contribution >= 0.6 is 11.8 Å². The normalized spacial score (nSPS) is 13.4. The van der Waals surface area contributed by atoms with E-state index in [0.717, 1.165) is 0 Å². The van der Waals surface area contributed by atoms with Crippen LogP contribution in [-0.4, -0.2) is 89.7 Å². The van der Waals surface area contributed by atoms with Gasteiger partial charge in [0, 0.05) is 6.54 Å². The van der Waals surface area contributed by atoms with Gasteiger partial charge >= 0.3 is 5.97 Å². The van der Waals surface area contributed by atoms with Gasteiger partial charge in [0.15, 0.2) is 5.96 Å². The monoisotopic (exact) mass is 449 g/mol. The highest BCUT2D eigenvalue weighted by Crippen LogP contribution is 2.00. The molecule has 0 spiro atoms. The fourth-order valence-electron chi connectivity index (χ4n) is 2.15. The number of carbonyl (C=O) groups excluding carboxylic acids is 3. The maximum atomic E-state index is 12.2.